The van der Waals surface area contributed by atoms with Crippen molar-refractivity contribution >= 4 is 45.2 Å². The third kappa shape index (κ3) is 5.86. The molecular weight excluding hydrogens is 414 g/mol. The van der Waals surface area contributed by atoms with Crippen LogP contribution < -0.4 is 16.0 Å². The minimum atomic E-state index is -0.193. The van der Waals surface area contributed by atoms with Crippen LogP contribution in [0.15, 0.2) is 59.1 Å². The summed E-state index contributed by atoms with van der Waals surface area (Å²) < 4.78 is 0.958. The van der Waals surface area contributed by atoms with Gasteiger partial charge in [-0.3, -0.25) is 14.9 Å². The summed E-state index contributed by atoms with van der Waals surface area (Å²) in [7, 11) is 0. The van der Waals surface area contributed by atoms with Crippen molar-refractivity contribution in [3.05, 3.63) is 64.6 Å². The number of nitrogens with one attached hydrogen (secondary N) is 3. The van der Waals surface area contributed by atoms with Gasteiger partial charge in [0, 0.05) is 34.8 Å². The molecule has 3 rings (SSSR count). The van der Waals surface area contributed by atoms with Crippen molar-refractivity contribution in [1.29, 1.82) is 0 Å². The van der Waals surface area contributed by atoms with Crippen molar-refractivity contribution in [2.24, 2.45) is 0 Å². The first-order valence-corrected chi connectivity index (χ1v) is 10.2. The van der Waals surface area contributed by atoms with E-state index in [0.29, 0.717) is 6.42 Å². The quantitative estimate of drug-likeness (QED) is 0.651. The number of anilines is 1. The van der Waals surface area contributed by atoms with Crippen LogP contribution in [0.4, 0.5) is 5.69 Å². The molecule has 2 aromatic rings. The molecule has 26 heavy (non-hydrogen) atoms. The molecule has 0 bridgehead atoms. The van der Waals surface area contributed by atoms with Gasteiger partial charge < -0.3 is 10.6 Å². The smallest absolute Gasteiger partial charge is 0.225 e. The van der Waals surface area contributed by atoms with E-state index >= 15 is 0 Å². The van der Waals surface area contributed by atoms with Crippen LogP contribution in [0.25, 0.3) is 0 Å². The Hall–Kier alpha value is -1.83. The standard InChI is InChI=1S/C19H20BrN3O2S/c20-14-6-8-15(9-7-14)21-17(24)10-16-11-18(25)23-19(22-16)26-12-13-4-2-1-3-5-13/h1-9,16,19,22H,10-12H2,(H,21,24)(H,23,25). The molecule has 5 nitrogen and oxygen atoms in total. The summed E-state index contributed by atoms with van der Waals surface area (Å²) in [5.74, 6) is 0.651. The third-order valence-corrected chi connectivity index (χ3v) is 5.55. The fourth-order valence-electron chi connectivity index (χ4n) is 2.69. The van der Waals surface area contributed by atoms with Crippen LogP contribution in [-0.2, 0) is 15.3 Å². The normalized spacial score (nSPS) is 19.7. The average Bonchev–Trinajstić information content (AvgIpc) is 2.62. The molecular formula is C19H20BrN3O2S. The molecule has 1 heterocycles. The Balaban J connectivity index is 1.50. The monoisotopic (exact) mass is 433 g/mol. The van der Waals surface area contributed by atoms with Gasteiger partial charge in [-0.1, -0.05) is 46.3 Å². The van der Waals surface area contributed by atoms with E-state index in [1.165, 1.54) is 5.56 Å². The summed E-state index contributed by atoms with van der Waals surface area (Å²) in [5.41, 5.74) is 1.75. The van der Waals surface area contributed by atoms with E-state index in [2.05, 4.69) is 44.0 Å². The molecule has 0 saturated carbocycles. The molecule has 0 spiro atoms. The van der Waals surface area contributed by atoms with Gasteiger partial charge in [-0.25, -0.2) is 0 Å². The predicted octanol–water partition coefficient (Wildman–Crippen LogP) is 3.47. The van der Waals surface area contributed by atoms with E-state index in [9.17, 15) is 9.59 Å². The lowest BCUT2D eigenvalue weighted by molar-refractivity contribution is -0.124. The first-order chi connectivity index (χ1) is 12.6. The molecule has 1 aliphatic heterocycles. The van der Waals surface area contributed by atoms with Crippen molar-refractivity contribution in [2.75, 3.05) is 5.32 Å². The van der Waals surface area contributed by atoms with Gasteiger partial charge in [0.15, 0.2) is 0 Å². The Morgan fingerprint density at radius 2 is 1.88 bits per heavy atom. The Bertz CT molecular complexity index is 755. The fraction of sp³-hybridized carbons (Fsp3) is 0.263. The van der Waals surface area contributed by atoms with Crippen LogP contribution >= 0.6 is 27.7 Å². The highest BCUT2D eigenvalue weighted by atomic mass is 79.9. The van der Waals surface area contributed by atoms with Gasteiger partial charge in [0.1, 0.15) is 5.50 Å². The van der Waals surface area contributed by atoms with E-state index in [1.807, 2.05) is 42.5 Å². The minimum absolute atomic E-state index is 0.0317. The number of carbonyl (C=O) groups excluding carboxylic acids is 2. The summed E-state index contributed by atoms with van der Waals surface area (Å²) in [6.45, 7) is 0. The van der Waals surface area contributed by atoms with Crippen molar-refractivity contribution < 1.29 is 9.59 Å². The van der Waals surface area contributed by atoms with Crippen molar-refractivity contribution in [3.8, 4) is 0 Å². The molecule has 136 valence electrons. The molecule has 2 amide bonds. The lowest BCUT2D eigenvalue weighted by atomic mass is 10.1. The Morgan fingerprint density at radius 1 is 1.15 bits per heavy atom. The number of halogens is 1. The second-order valence-electron chi connectivity index (χ2n) is 6.07. The molecule has 3 N–H and O–H groups in total. The van der Waals surface area contributed by atoms with Crippen molar-refractivity contribution in [1.82, 2.24) is 10.6 Å². The van der Waals surface area contributed by atoms with Crippen LogP contribution in [0.3, 0.4) is 0 Å². The highest BCUT2D eigenvalue weighted by Gasteiger charge is 2.27. The van der Waals surface area contributed by atoms with Gasteiger partial charge in [0.2, 0.25) is 11.8 Å². The van der Waals surface area contributed by atoms with Crippen molar-refractivity contribution in [2.45, 2.75) is 30.1 Å². The number of benzene rings is 2. The summed E-state index contributed by atoms with van der Waals surface area (Å²) in [4.78, 5) is 24.2. The predicted molar refractivity (Wildman–Crippen MR) is 109 cm³/mol. The van der Waals surface area contributed by atoms with Crippen LogP contribution in [-0.4, -0.2) is 23.4 Å². The van der Waals surface area contributed by atoms with Gasteiger partial charge in [0.25, 0.3) is 0 Å². The topological polar surface area (TPSA) is 70.2 Å². The fourth-order valence-corrected chi connectivity index (χ4v) is 4.01. The summed E-state index contributed by atoms with van der Waals surface area (Å²) in [5, 5.41) is 9.13. The average molecular weight is 434 g/mol. The summed E-state index contributed by atoms with van der Waals surface area (Å²) in [6.07, 6.45) is 0.558. The van der Waals surface area contributed by atoms with E-state index in [0.717, 1.165) is 15.9 Å². The molecule has 7 heteroatoms. The zero-order valence-electron chi connectivity index (χ0n) is 14.1. The lowest BCUT2D eigenvalue weighted by Gasteiger charge is -2.31. The molecule has 1 fully saturated rings. The lowest BCUT2D eigenvalue weighted by Crippen LogP contribution is -2.55. The maximum atomic E-state index is 12.3. The van der Waals surface area contributed by atoms with Crippen LogP contribution in [0.5, 0.6) is 0 Å². The van der Waals surface area contributed by atoms with Gasteiger partial charge in [-0.05, 0) is 29.8 Å². The number of hydrogen-bond acceptors (Lipinski definition) is 4. The molecule has 1 saturated heterocycles. The Kier molecular flexibility index (Phi) is 6.71. The number of carbonyl (C=O) groups is 2. The number of thioether (sulfide) groups is 1. The van der Waals surface area contributed by atoms with Gasteiger partial charge in [-0.2, -0.15) is 0 Å². The van der Waals surface area contributed by atoms with Crippen LogP contribution in [0.2, 0.25) is 0 Å². The van der Waals surface area contributed by atoms with E-state index in [1.54, 1.807) is 11.8 Å². The first kappa shape index (κ1) is 18.9. The molecule has 0 aromatic heterocycles. The molecule has 0 aliphatic carbocycles. The summed E-state index contributed by atoms with van der Waals surface area (Å²) in [6, 6.07) is 17.3. The highest BCUT2D eigenvalue weighted by molar-refractivity contribution is 9.10. The number of rotatable bonds is 6. The van der Waals surface area contributed by atoms with Gasteiger partial charge in [0.05, 0.1) is 0 Å². The molecule has 1 aliphatic rings. The summed E-state index contributed by atoms with van der Waals surface area (Å²) >= 11 is 4.98. The maximum Gasteiger partial charge on any atom is 0.225 e. The van der Waals surface area contributed by atoms with E-state index < -0.39 is 0 Å². The maximum absolute atomic E-state index is 12.3. The second-order valence-corrected chi connectivity index (χ2v) is 8.08. The van der Waals surface area contributed by atoms with E-state index in [4.69, 9.17) is 0 Å². The SMILES string of the molecule is O=C(CC1CC(=O)NC(SCc2ccccc2)N1)Nc1ccc(Br)cc1. The van der Waals surface area contributed by atoms with Gasteiger partial charge in [-0.15, -0.1) is 11.8 Å². The minimum Gasteiger partial charge on any atom is -0.332 e. The van der Waals surface area contributed by atoms with Crippen LogP contribution in [0.1, 0.15) is 18.4 Å². The molecule has 2 aromatic carbocycles. The Labute approximate surface area is 165 Å². The molecule has 2 unspecified atom stereocenters. The third-order valence-electron chi connectivity index (χ3n) is 3.93. The van der Waals surface area contributed by atoms with Crippen LogP contribution in [0, 0.1) is 0 Å². The highest BCUT2D eigenvalue weighted by Crippen LogP contribution is 2.19. The zero-order valence-corrected chi connectivity index (χ0v) is 16.5. The molecule has 2 atom stereocenters. The number of hydrogen-bond donors (Lipinski definition) is 3. The Morgan fingerprint density at radius 3 is 2.62 bits per heavy atom. The van der Waals surface area contributed by atoms with E-state index in [-0.39, 0.29) is 29.8 Å². The zero-order chi connectivity index (χ0) is 18.4. The van der Waals surface area contributed by atoms with Gasteiger partial charge >= 0.3 is 0 Å². The second kappa shape index (κ2) is 9.21. The largest absolute Gasteiger partial charge is 0.332 e. The number of amides is 2. The first-order valence-electron chi connectivity index (χ1n) is 8.35. The van der Waals surface area contributed by atoms with Crippen molar-refractivity contribution in [3.63, 3.8) is 0 Å². The molecule has 0 radical (unpaired) electrons.